The van der Waals surface area contributed by atoms with Gasteiger partial charge in [-0.3, -0.25) is 9.59 Å². The van der Waals surface area contributed by atoms with Crippen LogP contribution < -0.4 is 0 Å². The molecule has 1 aliphatic rings. The second-order valence-corrected chi connectivity index (χ2v) is 5.50. The minimum absolute atomic E-state index is 0.0555. The quantitative estimate of drug-likeness (QED) is 0.838. The highest BCUT2D eigenvalue weighted by Gasteiger charge is 2.31. The van der Waals surface area contributed by atoms with Gasteiger partial charge in [-0.2, -0.15) is 0 Å². The van der Waals surface area contributed by atoms with Crippen LogP contribution in [0.25, 0.3) is 0 Å². The zero-order valence-electron chi connectivity index (χ0n) is 10.2. The van der Waals surface area contributed by atoms with Gasteiger partial charge in [0, 0.05) is 23.9 Å². The van der Waals surface area contributed by atoms with Crippen molar-refractivity contribution in [3.63, 3.8) is 0 Å². The van der Waals surface area contributed by atoms with Crippen LogP contribution in [0.4, 0.5) is 4.39 Å². The third-order valence-corrected chi connectivity index (χ3v) is 3.99. The Kier molecular flexibility index (Phi) is 4.42. The van der Waals surface area contributed by atoms with E-state index in [1.54, 1.807) is 23.1 Å². The highest BCUT2D eigenvalue weighted by molar-refractivity contribution is 8.00. The zero-order chi connectivity index (χ0) is 13.8. The molecule has 102 valence electrons. The highest BCUT2D eigenvalue weighted by Crippen LogP contribution is 2.24. The molecule has 1 aromatic rings. The Labute approximate surface area is 114 Å². The summed E-state index contributed by atoms with van der Waals surface area (Å²) in [6.45, 7) is 0.978. The standard InChI is InChI=1S/C13H14FNO3S/c14-10-3-1-2-4-11(10)19-8-12(16)15-6-9(7-15)5-13(17)18/h1-4,9H,5-8H2,(H,17,18). The molecule has 0 unspecified atom stereocenters. The van der Waals surface area contributed by atoms with Crippen LogP contribution in [0.3, 0.4) is 0 Å². The number of nitrogens with zero attached hydrogens (tertiary/aromatic N) is 1. The van der Waals surface area contributed by atoms with Crippen LogP contribution in [0.15, 0.2) is 29.2 Å². The number of thioether (sulfide) groups is 1. The van der Waals surface area contributed by atoms with E-state index < -0.39 is 5.97 Å². The Hall–Kier alpha value is -1.56. The number of benzene rings is 1. The van der Waals surface area contributed by atoms with E-state index in [9.17, 15) is 14.0 Å². The molecule has 2 rings (SSSR count). The maximum atomic E-state index is 13.3. The molecule has 0 radical (unpaired) electrons. The first kappa shape index (κ1) is 13.9. The van der Waals surface area contributed by atoms with Crippen molar-refractivity contribution in [1.29, 1.82) is 0 Å². The minimum Gasteiger partial charge on any atom is -0.481 e. The fraction of sp³-hybridized carbons (Fsp3) is 0.385. The molecule has 1 saturated heterocycles. The van der Waals surface area contributed by atoms with Crippen LogP contribution in [0, 0.1) is 11.7 Å². The van der Waals surface area contributed by atoms with Crippen molar-refractivity contribution in [2.24, 2.45) is 5.92 Å². The molecule has 1 N–H and O–H groups in total. The molecule has 1 fully saturated rings. The number of carboxylic acids is 1. The highest BCUT2D eigenvalue weighted by atomic mass is 32.2. The Morgan fingerprint density at radius 1 is 1.37 bits per heavy atom. The monoisotopic (exact) mass is 283 g/mol. The van der Waals surface area contributed by atoms with Gasteiger partial charge in [-0.05, 0) is 12.1 Å². The van der Waals surface area contributed by atoms with Gasteiger partial charge < -0.3 is 10.0 Å². The van der Waals surface area contributed by atoms with Gasteiger partial charge in [0.25, 0.3) is 0 Å². The van der Waals surface area contributed by atoms with Crippen LogP contribution in [-0.2, 0) is 9.59 Å². The lowest BCUT2D eigenvalue weighted by molar-refractivity contribution is -0.143. The molecule has 19 heavy (non-hydrogen) atoms. The fourth-order valence-corrected chi connectivity index (χ4v) is 2.78. The SMILES string of the molecule is O=C(O)CC1CN(C(=O)CSc2ccccc2F)C1. The predicted octanol–water partition coefficient (Wildman–Crippen LogP) is 1.85. The average Bonchev–Trinajstić information content (AvgIpc) is 2.31. The molecule has 1 aliphatic heterocycles. The summed E-state index contributed by atoms with van der Waals surface area (Å²) in [5, 5.41) is 8.61. The predicted molar refractivity (Wildman–Crippen MR) is 69.4 cm³/mol. The number of hydrogen-bond acceptors (Lipinski definition) is 3. The second kappa shape index (κ2) is 6.06. The summed E-state index contributed by atoms with van der Waals surface area (Å²) in [6, 6.07) is 6.32. The Bertz CT molecular complexity index is 489. The lowest BCUT2D eigenvalue weighted by Crippen LogP contribution is -2.51. The van der Waals surface area contributed by atoms with E-state index in [1.807, 2.05) is 0 Å². The number of carbonyl (C=O) groups excluding carboxylic acids is 1. The van der Waals surface area contributed by atoms with E-state index in [1.165, 1.54) is 17.8 Å². The molecule has 1 heterocycles. The third kappa shape index (κ3) is 3.70. The van der Waals surface area contributed by atoms with Crippen LogP contribution in [0.1, 0.15) is 6.42 Å². The van der Waals surface area contributed by atoms with Crippen molar-refractivity contribution in [3.05, 3.63) is 30.1 Å². The number of amides is 1. The molecule has 6 heteroatoms. The number of rotatable bonds is 5. The summed E-state index contributed by atoms with van der Waals surface area (Å²) in [7, 11) is 0. The molecule has 0 atom stereocenters. The number of halogens is 1. The summed E-state index contributed by atoms with van der Waals surface area (Å²) in [6.07, 6.45) is 0.101. The van der Waals surface area contributed by atoms with Crippen molar-refractivity contribution >= 4 is 23.6 Å². The molecule has 0 spiro atoms. The number of carboxylic acid groups (broad SMARTS) is 1. The molecule has 0 aromatic heterocycles. The van der Waals surface area contributed by atoms with Gasteiger partial charge >= 0.3 is 5.97 Å². The van der Waals surface area contributed by atoms with Crippen molar-refractivity contribution in [2.75, 3.05) is 18.8 Å². The van der Waals surface area contributed by atoms with E-state index in [-0.39, 0.29) is 29.8 Å². The summed E-state index contributed by atoms with van der Waals surface area (Å²) in [4.78, 5) is 24.3. The minimum atomic E-state index is -0.835. The van der Waals surface area contributed by atoms with Gasteiger partial charge in [0.2, 0.25) is 5.91 Å². The van der Waals surface area contributed by atoms with Crippen LogP contribution >= 0.6 is 11.8 Å². The van der Waals surface area contributed by atoms with Crippen molar-refractivity contribution in [3.8, 4) is 0 Å². The van der Waals surface area contributed by atoms with Crippen LogP contribution in [0.5, 0.6) is 0 Å². The van der Waals surface area contributed by atoms with Gasteiger partial charge in [0.15, 0.2) is 0 Å². The second-order valence-electron chi connectivity index (χ2n) is 4.48. The maximum absolute atomic E-state index is 13.3. The first-order valence-corrected chi connectivity index (χ1v) is 6.91. The Morgan fingerprint density at radius 2 is 2.05 bits per heavy atom. The molecular weight excluding hydrogens is 269 g/mol. The van der Waals surface area contributed by atoms with Gasteiger partial charge in [-0.1, -0.05) is 12.1 Å². The third-order valence-electron chi connectivity index (χ3n) is 2.96. The van der Waals surface area contributed by atoms with Gasteiger partial charge in [-0.25, -0.2) is 4.39 Å². The number of hydrogen-bond donors (Lipinski definition) is 1. The van der Waals surface area contributed by atoms with Gasteiger partial charge in [0.05, 0.1) is 12.2 Å². The van der Waals surface area contributed by atoms with Crippen LogP contribution in [-0.4, -0.2) is 40.7 Å². The lowest BCUT2D eigenvalue weighted by Gasteiger charge is -2.38. The fourth-order valence-electron chi connectivity index (χ4n) is 1.94. The number of aliphatic carboxylic acids is 1. The number of carbonyl (C=O) groups is 2. The van der Waals surface area contributed by atoms with Crippen molar-refractivity contribution in [2.45, 2.75) is 11.3 Å². The molecule has 0 bridgehead atoms. The zero-order valence-corrected chi connectivity index (χ0v) is 11.0. The van der Waals surface area contributed by atoms with Crippen LogP contribution in [0.2, 0.25) is 0 Å². The molecule has 4 nitrogen and oxygen atoms in total. The first-order valence-electron chi connectivity index (χ1n) is 5.93. The van der Waals surface area contributed by atoms with Gasteiger partial charge in [-0.15, -0.1) is 11.8 Å². The average molecular weight is 283 g/mol. The number of likely N-dealkylation sites (tertiary alicyclic amines) is 1. The summed E-state index contributed by atoms with van der Waals surface area (Å²) < 4.78 is 13.3. The molecule has 0 saturated carbocycles. The molecule has 0 aliphatic carbocycles. The lowest BCUT2D eigenvalue weighted by atomic mass is 9.96. The smallest absolute Gasteiger partial charge is 0.303 e. The summed E-state index contributed by atoms with van der Waals surface area (Å²) in [5.41, 5.74) is 0. The van der Waals surface area contributed by atoms with Gasteiger partial charge in [0.1, 0.15) is 5.82 Å². The largest absolute Gasteiger partial charge is 0.481 e. The maximum Gasteiger partial charge on any atom is 0.303 e. The van der Waals surface area contributed by atoms with E-state index in [2.05, 4.69) is 0 Å². The Balaban J connectivity index is 1.75. The first-order chi connectivity index (χ1) is 9.06. The van der Waals surface area contributed by atoms with E-state index >= 15 is 0 Å². The normalized spacial score (nSPS) is 15.1. The molecular formula is C13H14FNO3S. The topological polar surface area (TPSA) is 57.6 Å². The van der Waals surface area contributed by atoms with Crippen molar-refractivity contribution < 1.29 is 19.1 Å². The molecule has 1 aromatic carbocycles. The van der Waals surface area contributed by atoms with E-state index in [0.29, 0.717) is 18.0 Å². The molecule has 1 amide bonds. The summed E-state index contributed by atoms with van der Waals surface area (Å²) in [5.74, 6) is -0.999. The summed E-state index contributed by atoms with van der Waals surface area (Å²) >= 11 is 1.17. The van der Waals surface area contributed by atoms with E-state index in [4.69, 9.17) is 5.11 Å². The Morgan fingerprint density at radius 3 is 2.68 bits per heavy atom. The van der Waals surface area contributed by atoms with E-state index in [0.717, 1.165) is 0 Å². The van der Waals surface area contributed by atoms with Crippen molar-refractivity contribution in [1.82, 2.24) is 4.90 Å².